The Balaban J connectivity index is 1.67. The van der Waals surface area contributed by atoms with Crippen molar-refractivity contribution in [2.24, 2.45) is 0 Å². The average molecular weight is 453 g/mol. The summed E-state index contributed by atoms with van der Waals surface area (Å²) in [5.74, 6) is 0.117. The van der Waals surface area contributed by atoms with Crippen LogP contribution in [0, 0.1) is 35.1 Å². The second-order valence-corrected chi connectivity index (χ2v) is 7.81. The molecule has 0 bridgehead atoms. The van der Waals surface area contributed by atoms with Gasteiger partial charge in [-0.25, -0.2) is 17.6 Å². The normalized spacial score (nSPS) is 10.8. The van der Waals surface area contributed by atoms with Gasteiger partial charge in [0.1, 0.15) is 5.82 Å². The third-order valence-corrected chi connectivity index (χ3v) is 5.57. The zero-order valence-corrected chi connectivity index (χ0v) is 17.8. The number of hydrogen-bond acceptors (Lipinski definition) is 0. The Labute approximate surface area is 188 Å². The van der Waals surface area contributed by atoms with E-state index in [1.165, 1.54) is 17.7 Å². The molecule has 0 N–H and O–H groups in total. The first-order valence-electron chi connectivity index (χ1n) is 10.0. The summed E-state index contributed by atoms with van der Waals surface area (Å²) < 4.78 is 54.4. The quantitative estimate of drug-likeness (QED) is 0.167. The fourth-order valence-electron chi connectivity index (χ4n) is 3.56. The molecule has 0 atom stereocenters. The molecule has 160 valence electrons. The van der Waals surface area contributed by atoms with Gasteiger partial charge in [-0.1, -0.05) is 73.2 Å². The molecule has 0 aliphatic rings. The predicted molar refractivity (Wildman–Crippen MR) is 121 cm³/mol. The van der Waals surface area contributed by atoms with Crippen LogP contribution < -0.4 is 0 Å². The smallest absolute Gasteiger partial charge is 0.194 e. The molecule has 4 rings (SSSR count). The van der Waals surface area contributed by atoms with Crippen LogP contribution in [0.15, 0.2) is 60.7 Å². The van der Waals surface area contributed by atoms with Gasteiger partial charge in [-0.2, -0.15) is 0 Å². The van der Waals surface area contributed by atoms with Crippen molar-refractivity contribution in [3.05, 3.63) is 106 Å². The first kappa shape index (κ1) is 21.9. The van der Waals surface area contributed by atoms with Crippen molar-refractivity contribution in [3.63, 3.8) is 0 Å². The van der Waals surface area contributed by atoms with Crippen LogP contribution in [0.2, 0.25) is 5.02 Å². The van der Waals surface area contributed by atoms with Gasteiger partial charge in [-0.3, -0.25) is 0 Å². The van der Waals surface area contributed by atoms with Gasteiger partial charge in [-0.15, -0.1) is 0 Å². The van der Waals surface area contributed by atoms with E-state index < -0.39 is 23.3 Å². The fourth-order valence-corrected chi connectivity index (χ4v) is 3.90. The molecule has 4 aromatic rings. The van der Waals surface area contributed by atoms with Gasteiger partial charge < -0.3 is 0 Å². The van der Waals surface area contributed by atoms with Gasteiger partial charge in [0.25, 0.3) is 0 Å². The van der Waals surface area contributed by atoms with Crippen LogP contribution in [0.1, 0.15) is 30.0 Å². The number of rotatable bonds is 3. The lowest BCUT2D eigenvalue weighted by Crippen LogP contribution is -1.92. The second kappa shape index (κ2) is 9.06. The topological polar surface area (TPSA) is 0 Å². The lowest BCUT2D eigenvalue weighted by Gasteiger charge is -2.10. The van der Waals surface area contributed by atoms with Crippen molar-refractivity contribution in [3.8, 4) is 23.0 Å². The molecule has 0 saturated carbocycles. The Morgan fingerprint density at radius 3 is 2.22 bits per heavy atom. The van der Waals surface area contributed by atoms with Crippen molar-refractivity contribution >= 4 is 22.4 Å². The molecule has 5 heteroatoms. The van der Waals surface area contributed by atoms with E-state index in [0.717, 1.165) is 35.7 Å². The SMILES string of the molecule is CCCc1ccc2c(Cl)c(-c3ccc(C#Cc4cc(F)c(F)c(F)c4)c(F)c3)ccc2c1. The lowest BCUT2D eigenvalue weighted by atomic mass is 9.98. The molecule has 0 unspecified atom stereocenters. The van der Waals surface area contributed by atoms with Crippen molar-refractivity contribution in [1.29, 1.82) is 0 Å². The molecule has 0 saturated heterocycles. The summed E-state index contributed by atoms with van der Waals surface area (Å²) in [7, 11) is 0. The highest BCUT2D eigenvalue weighted by Crippen LogP contribution is 2.35. The van der Waals surface area contributed by atoms with Crippen LogP contribution in [0.3, 0.4) is 0 Å². The molecule has 0 heterocycles. The summed E-state index contributed by atoms with van der Waals surface area (Å²) >= 11 is 6.63. The lowest BCUT2D eigenvalue weighted by molar-refractivity contribution is 0.446. The van der Waals surface area contributed by atoms with Crippen molar-refractivity contribution in [1.82, 2.24) is 0 Å². The van der Waals surface area contributed by atoms with Crippen molar-refractivity contribution in [2.75, 3.05) is 0 Å². The van der Waals surface area contributed by atoms with E-state index in [1.54, 1.807) is 6.07 Å². The zero-order chi connectivity index (χ0) is 22.8. The van der Waals surface area contributed by atoms with Gasteiger partial charge in [0.05, 0.1) is 10.6 Å². The maximum Gasteiger partial charge on any atom is 0.194 e. The minimum Gasteiger partial charge on any atom is -0.206 e. The molecule has 0 nitrogen and oxygen atoms in total. The highest BCUT2D eigenvalue weighted by Gasteiger charge is 2.12. The predicted octanol–water partition coefficient (Wildman–Crippen LogP) is 8.07. The first-order valence-corrected chi connectivity index (χ1v) is 10.4. The molecule has 0 radical (unpaired) electrons. The summed E-state index contributed by atoms with van der Waals surface area (Å²) in [6.45, 7) is 2.12. The Morgan fingerprint density at radius 2 is 1.53 bits per heavy atom. The standard InChI is InChI=1S/C27H17ClF4/c1-2-3-16-5-10-21-19(12-16)9-11-22(26(21)28)20-8-7-18(23(29)15-20)6-4-17-13-24(30)27(32)25(31)14-17/h5,7-15H,2-3H2,1H3. The van der Waals surface area contributed by atoms with Gasteiger partial charge in [0, 0.05) is 16.5 Å². The minimum absolute atomic E-state index is 0.0417. The van der Waals surface area contributed by atoms with E-state index in [2.05, 4.69) is 24.8 Å². The van der Waals surface area contributed by atoms with E-state index in [4.69, 9.17) is 11.6 Å². The molecule has 0 spiro atoms. The molecule has 0 aromatic heterocycles. The molecule has 4 aromatic carbocycles. The Bertz CT molecular complexity index is 1370. The third kappa shape index (κ3) is 4.35. The zero-order valence-electron chi connectivity index (χ0n) is 17.1. The van der Waals surface area contributed by atoms with Crippen LogP contribution in [0.5, 0.6) is 0 Å². The summed E-state index contributed by atoms with van der Waals surface area (Å²) in [6.07, 6.45) is 2.04. The van der Waals surface area contributed by atoms with Crippen LogP contribution in [0.4, 0.5) is 17.6 Å². The maximum atomic E-state index is 14.7. The molecule has 0 amide bonds. The average Bonchev–Trinajstić information content (AvgIpc) is 2.77. The van der Waals surface area contributed by atoms with Crippen LogP contribution in [-0.4, -0.2) is 0 Å². The van der Waals surface area contributed by atoms with Crippen LogP contribution in [-0.2, 0) is 6.42 Å². The van der Waals surface area contributed by atoms with Gasteiger partial charge in [0.15, 0.2) is 17.5 Å². The molecule has 0 fully saturated rings. The van der Waals surface area contributed by atoms with Gasteiger partial charge in [-0.05, 0) is 47.2 Å². The Kier molecular flexibility index (Phi) is 6.21. The number of hydrogen-bond donors (Lipinski definition) is 0. The number of benzene rings is 4. The maximum absolute atomic E-state index is 14.7. The number of aryl methyl sites for hydroxylation is 1. The largest absolute Gasteiger partial charge is 0.206 e. The summed E-state index contributed by atoms with van der Waals surface area (Å²) in [5.41, 5.74) is 2.45. The highest BCUT2D eigenvalue weighted by atomic mass is 35.5. The minimum atomic E-state index is -1.57. The third-order valence-electron chi connectivity index (χ3n) is 5.16. The molecular weight excluding hydrogens is 436 g/mol. The molecule has 0 aliphatic heterocycles. The van der Waals surface area contributed by atoms with E-state index in [9.17, 15) is 17.6 Å². The summed E-state index contributed by atoms with van der Waals surface area (Å²) in [6, 6.07) is 15.9. The summed E-state index contributed by atoms with van der Waals surface area (Å²) in [4.78, 5) is 0. The van der Waals surface area contributed by atoms with Gasteiger partial charge >= 0.3 is 0 Å². The van der Waals surface area contributed by atoms with Crippen LogP contribution in [0.25, 0.3) is 21.9 Å². The Morgan fingerprint density at radius 1 is 0.781 bits per heavy atom. The van der Waals surface area contributed by atoms with Gasteiger partial charge in [0.2, 0.25) is 0 Å². The monoisotopic (exact) mass is 452 g/mol. The number of fused-ring (bicyclic) bond motifs is 1. The highest BCUT2D eigenvalue weighted by molar-refractivity contribution is 6.38. The molecular formula is C27H17ClF4. The van der Waals surface area contributed by atoms with Crippen LogP contribution >= 0.6 is 11.6 Å². The van der Waals surface area contributed by atoms with E-state index in [0.29, 0.717) is 16.1 Å². The van der Waals surface area contributed by atoms with E-state index in [-0.39, 0.29) is 11.1 Å². The Hall–Kier alpha value is -3.29. The van der Waals surface area contributed by atoms with E-state index in [1.807, 2.05) is 24.3 Å². The summed E-state index contributed by atoms with van der Waals surface area (Å²) in [5, 5.41) is 2.43. The first-order chi connectivity index (χ1) is 15.4. The van der Waals surface area contributed by atoms with Crippen molar-refractivity contribution < 1.29 is 17.6 Å². The van der Waals surface area contributed by atoms with E-state index >= 15 is 0 Å². The number of halogens is 5. The molecule has 32 heavy (non-hydrogen) atoms. The fraction of sp³-hybridized carbons (Fsp3) is 0.111. The second-order valence-electron chi connectivity index (χ2n) is 7.43. The van der Waals surface area contributed by atoms with Crippen molar-refractivity contribution in [2.45, 2.75) is 19.8 Å². The molecule has 0 aliphatic carbocycles.